The van der Waals surface area contributed by atoms with E-state index in [0.717, 1.165) is 6.07 Å². The molecule has 2 aromatic carbocycles. The second-order valence-electron chi connectivity index (χ2n) is 6.98. The molecule has 0 bridgehead atoms. The topological polar surface area (TPSA) is 59.0 Å². The van der Waals surface area contributed by atoms with Crippen LogP contribution in [0, 0.1) is 0 Å². The molecule has 2 unspecified atom stereocenters. The second-order valence-corrected chi connectivity index (χ2v) is 7.39. The van der Waals surface area contributed by atoms with E-state index in [-0.39, 0.29) is 5.56 Å². The first kappa shape index (κ1) is 22.2. The first-order chi connectivity index (χ1) is 14.2. The van der Waals surface area contributed by atoms with E-state index < -0.39 is 34.8 Å². The van der Waals surface area contributed by atoms with Gasteiger partial charge in [0.1, 0.15) is 17.5 Å². The fourth-order valence-corrected chi connectivity index (χ4v) is 4.12. The van der Waals surface area contributed by atoms with Gasteiger partial charge in [-0.15, -0.1) is 0 Å². The first-order valence-corrected chi connectivity index (χ1v) is 9.62. The highest BCUT2D eigenvalue weighted by atomic mass is 35.5. The molecule has 0 aliphatic carbocycles. The summed E-state index contributed by atoms with van der Waals surface area (Å²) in [6.45, 7) is 0.409. The fourth-order valence-electron chi connectivity index (χ4n) is 3.90. The third-order valence-electron chi connectivity index (χ3n) is 5.25. The largest absolute Gasteiger partial charge is 0.497 e. The van der Waals surface area contributed by atoms with Gasteiger partial charge in [-0.25, -0.2) is 0 Å². The Kier molecular flexibility index (Phi) is 6.47. The van der Waals surface area contributed by atoms with Gasteiger partial charge in [-0.2, -0.15) is 13.2 Å². The van der Waals surface area contributed by atoms with Crippen molar-refractivity contribution in [1.29, 1.82) is 0 Å². The van der Waals surface area contributed by atoms with Crippen molar-refractivity contribution in [1.82, 2.24) is 4.90 Å². The van der Waals surface area contributed by atoms with Crippen molar-refractivity contribution in [2.24, 2.45) is 0 Å². The van der Waals surface area contributed by atoms with Crippen LogP contribution in [-0.4, -0.2) is 42.8 Å². The van der Waals surface area contributed by atoms with Crippen molar-refractivity contribution in [3.05, 3.63) is 58.1 Å². The van der Waals surface area contributed by atoms with E-state index in [4.69, 9.17) is 21.1 Å². The molecule has 5 nitrogen and oxygen atoms in total. The van der Waals surface area contributed by atoms with Crippen LogP contribution in [0.4, 0.5) is 13.2 Å². The van der Waals surface area contributed by atoms with Crippen molar-refractivity contribution in [2.75, 3.05) is 20.8 Å². The Labute approximate surface area is 177 Å². The molecule has 9 heteroatoms. The molecular weight excluding hydrogens is 423 g/mol. The zero-order chi connectivity index (χ0) is 22.1. The van der Waals surface area contributed by atoms with Crippen LogP contribution in [0.2, 0.25) is 5.02 Å². The van der Waals surface area contributed by atoms with Crippen LogP contribution in [0.1, 0.15) is 35.6 Å². The van der Waals surface area contributed by atoms with Crippen LogP contribution in [0.25, 0.3) is 0 Å². The molecule has 1 fully saturated rings. The predicted molar refractivity (Wildman–Crippen MR) is 105 cm³/mol. The maximum Gasteiger partial charge on any atom is 0.417 e. The smallest absolute Gasteiger partial charge is 0.417 e. The van der Waals surface area contributed by atoms with E-state index >= 15 is 0 Å². The van der Waals surface area contributed by atoms with Crippen molar-refractivity contribution < 1.29 is 32.5 Å². The second kappa shape index (κ2) is 8.73. The summed E-state index contributed by atoms with van der Waals surface area (Å²) in [6, 6.07) is 6.98. The van der Waals surface area contributed by atoms with E-state index in [2.05, 4.69) is 0 Å². The van der Waals surface area contributed by atoms with Crippen LogP contribution >= 0.6 is 11.6 Å². The number of nitrogens with zero attached hydrogens (tertiary/aromatic N) is 1. The van der Waals surface area contributed by atoms with Gasteiger partial charge in [0.2, 0.25) is 0 Å². The van der Waals surface area contributed by atoms with Crippen LogP contribution < -0.4 is 9.47 Å². The lowest BCUT2D eigenvalue weighted by Gasteiger charge is -2.33. The molecule has 162 valence electrons. The van der Waals surface area contributed by atoms with Gasteiger partial charge in [-0.05, 0) is 48.7 Å². The minimum atomic E-state index is -4.65. The number of carbonyl (C=O) groups is 1. The van der Waals surface area contributed by atoms with Gasteiger partial charge in [0.25, 0.3) is 0 Å². The molecule has 2 atom stereocenters. The maximum absolute atomic E-state index is 13.5. The molecule has 0 radical (unpaired) electrons. The lowest BCUT2D eigenvalue weighted by molar-refractivity contribution is -0.143. The van der Waals surface area contributed by atoms with E-state index in [1.54, 1.807) is 23.1 Å². The summed E-state index contributed by atoms with van der Waals surface area (Å²) in [5, 5.41) is 9.27. The van der Waals surface area contributed by atoms with E-state index in [1.807, 2.05) is 0 Å². The molecule has 1 N–H and O–H groups in total. The molecular formula is C21H21ClF3NO4. The Morgan fingerprint density at radius 1 is 1.20 bits per heavy atom. The van der Waals surface area contributed by atoms with E-state index in [0.29, 0.717) is 36.4 Å². The number of alkyl halides is 3. The average molecular weight is 444 g/mol. The lowest BCUT2D eigenvalue weighted by atomic mass is 9.93. The maximum atomic E-state index is 13.5. The van der Waals surface area contributed by atoms with Crippen molar-refractivity contribution in [3.63, 3.8) is 0 Å². The molecule has 0 spiro atoms. The molecule has 0 amide bonds. The highest BCUT2D eigenvalue weighted by Gasteiger charge is 2.40. The summed E-state index contributed by atoms with van der Waals surface area (Å²) in [4.78, 5) is 13.5. The van der Waals surface area contributed by atoms with Gasteiger partial charge >= 0.3 is 12.1 Å². The molecule has 30 heavy (non-hydrogen) atoms. The predicted octanol–water partition coefficient (Wildman–Crippen LogP) is 5.01. The Morgan fingerprint density at radius 2 is 1.93 bits per heavy atom. The average Bonchev–Trinajstić information content (AvgIpc) is 3.18. The molecule has 1 saturated heterocycles. The van der Waals surface area contributed by atoms with Crippen LogP contribution in [-0.2, 0) is 11.0 Å². The van der Waals surface area contributed by atoms with Gasteiger partial charge in [-0.3, -0.25) is 9.69 Å². The summed E-state index contributed by atoms with van der Waals surface area (Å²) in [7, 11) is 2.92. The number of methoxy groups -OCH3 is 2. The molecule has 1 aliphatic heterocycles. The van der Waals surface area contributed by atoms with Crippen molar-refractivity contribution in [2.45, 2.75) is 31.1 Å². The highest BCUT2D eigenvalue weighted by Crippen LogP contribution is 2.43. The molecule has 0 saturated carbocycles. The zero-order valence-corrected chi connectivity index (χ0v) is 17.1. The lowest BCUT2D eigenvalue weighted by Crippen LogP contribution is -2.39. The molecule has 1 heterocycles. The Bertz CT molecular complexity index is 935. The van der Waals surface area contributed by atoms with Crippen LogP contribution in [0.15, 0.2) is 36.4 Å². The van der Waals surface area contributed by atoms with Gasteiger partial charge < -0.3 is 14.6 Å². The zero-order valence-electron chi connectivity index (χ0n) is 16.4. The summed E-state index contributed by atoms with van der Waals surface area (Å²) >= 11 is 5.80. The van der Waals surface area contributed by atoms with Gasteiger partial charge in [0.15, 0.2) is 0 Å². The number of ether oxygens (including phenoxy) is 2. The molecule has 2 aromatic rings. The number of aliphatic carboxylic acids is 1. The quantitative estimate of drug-likeness (QED) is 0.679. The standard InChI is InChI=1S/C21H21ClF3NO4/c1-29-13-6-8-18(30-2)14(11-13)19(26-9-3-4-17(26)20(27)28)12-5-7-16(22)15(10-12)21(23,24)25/h5-8,10-11,17,19H,3-4,9H2,1-2H3,(H,27,28). The Hall–Kier alpha value is -2.45. The van der Waals surface area contributed by atoms with Gasteiger partial charge in [0.05, 0.1) is 30.8 Å². The number of rotatable bonds is 6. The number of hydrogen-bond acceptors (Lipinski definition) is 4. The van der Waals surface area contributed by atoms with Gasteiger partial charge in [0, 0.05) is 12.1 Å². The van der Waals surface area contributed by atoms with E-state index in [1.165, 1.54) is 26.4 Å². The van der Waals surface area contributed by atoms with Crippen LogP contribution in [0.3, 0.4) is 0 Å². The number of likely N-dealkylation sites (tertiary alicyclic amines) is 1. The van der Waals surface area contributed by atoms with Crippen molar-refractivity contribution in [3.8, 4) is 11.5 Å². The van der Waals surface area contributed by atoms with E-state index in [9.17, 15) is 23.1 Å². The third-order valence-corrected chi connectivity index (χ3v) is 5.58. The summed E-state index contributed by atoms with van der Waals surface area (Å²) < 4.78 is 51.2. The number of halogens is 4. The summed E-state index contributed by atoms with van der Waals surface area (Å²) in [6.07, 6.45) is -3.63. The highest BCUT2D eigenvalue weighted by molar-refractivity contribution is 6.31. The first-order valence-electron chi connectivity index (χ1n) is 9.24. The number of benzene rings is 2. The fraction of sp³-hybridized carbons (Fsp3) is 0.381. The monoisotopic (exact) mass is 443 g/mol. The van der Waals surface area contributed by atoms with Gasteiger partial charge in [-0.1, -0.05) is 17.7 Å². The number of carboxylic acid groups (broad SMARTS) is 1. The van der Waals surface area contributed by atoms with Crippen LogP contribution in [0.5, 0.6) is 11.5 Å². The summed E-state index contributed by atoms with van der Waals surface area (Å²) in [5.41, 5.74) is -0.188. The minimum absolute atomic E-state index is 0.270. The van der Waals surface area contributed by atoms with Crippen molar-refractivity contribution >= 4 is 17.6 Å². The normalized spacial score (nSPS) is 18.3. The molecule has 3 rings (SSSR count). The SMILES string of the molecule is COc1ccc(OC)c(C(c2ccc(Cl)c(C(F)(F)F)c2)N2CCCC2C(=O)O)c1. The molecule has 0 aromatic heterocycles. The number of hydrogen-bond donors (Lipinski definition) is 1. The minimum Gasteiger partial charge on any atom is -0.497 e. The Morgan fingerprint density at radius 3 is 2.53 bits per heavy atom. The number of carboxylic acids is 1. The third kappa shape index (κ3) is 4.34. The Balaban J connectivity index is 2.23. The molecule has 1 aliphatic rings. The summed E-state index contributed by atoms with van der Waals surface area (Å²) in [5.74, 6) is -0.128.